The highest BCUT2D eigenvalue weighted by Crippen LogP contribution is 2.16. The number of hydrogen-bond acceptors (Lipinski definition) is 1. The van der Waals surface area contributed by atoms with Crippen molar-refractivity contribution in [2.75, 3.05) is 6.54 Å². The number of hydrogen-bond donors (Lipinski definition) is 1. The van der Waals surface area contributed by atoms with E-state index in [2.05, 4.69) is 16.7 Å². The summed E-state index contributed by atoms with van der Waals surface area (Å²) in [6.07, 6.45) is 4.09. The minimum Gasteiger partial charge on any atom is -0.346 e. The van der Waals surface area contributed by atoms with Gasteiger partial charge in [0.1, 0.15) is 0 Å². The lowest BCUT2D eigenvalue weighted by Crippen LogP contribution is -2.18. The molecule has 1 aromatic carbocycles. The van der Waals surface area contributed by atoms with Crippen LogP contribution < -0.4 is 5.73 Å². The van der Waals surface area contributed by atoms with Crippen LogP contribution in [0, 0.1) is 0 Å². The second-order valence-electron chi connectivity index (χ2n) is 3.29. The summed E-state index contributed by atoms with van der Waals surface area (Å²) >= 11 is 0. The smallest absolute Gasteiger partial charge is 0.0702 e. The molecule has 0 aliphatic carbocycles. The van der Waals surface area contributed by atoms with Gasteiger partial charge < -0.3 is 10.3 Å². The Kier molecular flexibility index (Phi) is 2.65. The zero-order valence-electron chi connectivity index (χ0n) is 8.01. The van der Waals surface area contributed by atoms with Crippen molar-refractivity contribution in [3.8, 4) is 0 Å². The van der Waals surface area contributed by atoms with Gasteiger partial charge in [-0.2, -0.15) is 0 Å². The molecular weight excluding hydrogens is 172 g/mol. The highest BCUT2D eigenvalue weighted by atomic mass is 15.0. The quantitative estimate of drug-likeness (QED) is 0.781. The molecule has 2 rings (SSSR count). The molecule has 1 aromatic heterocycles. The molecule has 2 heteroatoms. The third-order valence-corrected chi connectivity index (χ3v) is 2.40. The van der Waals surface area contributed by atoms with Gasteiger partial charge in [-0.15, -0.1) is 0 Å². The van der Waals surface area contributed by atoms with E-state index in [1.54, 1.807) is 0 Å². The fourth-order valence-electron chi connectivity index (χ4n) is 1.66. The number of nitrogens with zero attached hydrogens (tertiary/aromatic N) is 1. The molecule has 0 amide bonds. The average Bonchev–Trinajstić information content (AvgIpc) is 2.74. The van der Waals surface area contributed by atoms with Crippen LogP contribution >= 0.6 is 0 Å². The average molecular weight is 186 g/mol. The first-order chi connectivity index (χ1) is 6.92. The zero-order chi connectivity index (χ0) is 9.80. The van der Waals surface area contributed by atoms with Gasteiger partial charge in [0, 0.05) is 18.9 Å². The summed E-state index contributed by atoms with van der Waals surface area (Å²) in [6.45, 7) is 0.624. The number of nitrogens with two attached hydrogens (primary N) is 1. The monoisotopic (exact) mass is 186 g/mol. The molecule has 0 spiro atoms. The molecule has 0 unspecified atom stereocenters. The fourth-order valence-corrected chi connectivity index (χ4v) is 1.66. The molecule has 2 aromatic rings. The van der Waals surface area contributed by atoms with Gasteiger partial charge in [0.2, 0.25) is 0 Å². The number of benzene rings is 1. The van der Waals surface area contributed by atoms with E-state index in [1.165, 1.54) is 5.56 Å². The Morgan fingerprint density at radius 1 is 1.00 bits per heavy atom. The minimum absolute atomic E-state index is 0.256. The van der Waals surface area contributed by atoms with Crippen LogP contribution in [0.4, 0.5) is 0 Å². The maximum absolute atomic E-state index is 5.78. The summed E-state index contributed by atoms with van der Waals surface area (Å²) in [4.78, 5) is 0. The van der Waals surface area contributed by atoms with Gasteiger partial charge in [0.25, 0.3) is 0 Å². The molecule has 0 bridgehead atoms. The van der Waals surface area contributed by atoms with Crippen LogP contribution in [-0.4, -0.2) is 11.1 Å². The molecule has 0 aliphatic heterocycles. The molecule has 1 atom stereocenters. The predicted molar refractivity (Wildman–Crippen MR) is 58.1 cm³/mol. The maximum atomic E-state index is 5.78. The summed E-state index contributed by atoms with van der Waals surface area (Å²) in [5.74, 6) is 0. The van der Waals surface area contributed by atoms with Crippen LogP contribution in [0.2, 0.25) is 0 Å². The van der Waals surface area contributed by atoms with Crippen LogP contribution in [0.5, 0.6) is 0 Å². The SMILES string of the molecule is NC[C@@H](c1ccccc1)n1cccc1. The summed E-state index contributed by atoms with van der Waals surface area (Å²) in [6, 6.07) is 14.6. The molecule has 1 heterocycles. The Morgan fingerprint density at radius 2 is 1.64 bits per heavy atom. The van der Waals surface area contributed by atoms with Crippen molar-refractivity contribution in [3.05, 3.63) is 60.4 Å². The molecule has 0 fully saturated rings. The Labute approximate surface area is 84.0 Å². The third-order valence-electron chi connectivity index (χ3n) is 2.40. The second kappa shape index (κ2) is 4.11. The molecule has 0 saturated heterocycles. The van der Waals surface area contributed by atoms with Crippen molar-refractivity contribution in [1.29, 1.82) is 0 Å². The van der Waals surface area contributed by atoms with Crippen LogP contribution in [0.3, 0.4) is 0 Å². The van der Waals surface area contributed by atoms with Gasteiger partial charge >= 0.3 is 0 Å². The normalized spacial score (nSPS) is 12.6. The van der Waals surface area contributed by atoms with E-state index in [9.17, 15) is 0 Å². The molecule has 0 aliphatic rings. The van der Waals surface area contributed by atoms with Crippen molar-refractivity contribution in [2.24, 2.45) is 5.73 Å². The summed E-state index contributed by atoms with van der Waals surface area (Å²) in [5, 5.41) is 0. The van der Waals surface area contributed by atoms with Gasteiger partial charge in [0.15, 0.2) is 0 Å². The molecule has 14 heavy (non-hydrogen) atoms. The van der Waals surface area contributed by atoms with E-state index in [4.69, 9.17) is 5.73 Å². The first-order valence-electron chi connectivity index (χ1n) is 4.79. The highest BCUT2D eigenvalue weighted by molar-refractivity contribution is 5.20. The first kappa shape index (κ1) is 9.03. The van der Waals surface area contributed by atoms with Crippen molar-refractivity contribution >= 4 is 0 Å². The Bertz CT molecular complexity index is 364. The van der Waals surface area contributed by atoms with Crippen LogP contribution in [0.15, 0.2) is 54.9 Å². The van der Waals surface area contributed by atoms with E-state index in [0.29, 0.717) is 6.54 Å². The molecule has 0 radical (unpaired) electrons. The Morgan fingerprint density at radius 3 is 2.21 bits per heavy atom. The molecule has 72 valence electrons. The molecule has 0 saturated carbocycles. The van der Waals surface area contributed by atoms with E-state index < -0.39 is 0 Å². The van der Waals surface area contributed by atoms with E-state index >= 15 is 0 Å². The van der Waals surface area contributed by atoms with Crippen LogP contribution in [-0.2, 0) is 0 Å². The lowest BCUT2D eigenvalue weighted by Gasteiger charge is -2.17. The van der Waals surface area contributed by atoms with Crippen molar-refractivity contribution in [1.82, 2.24) is 4.57 Å². The Hall–Kier alpha value is -1.54. The molecule has 2 N–H and O–H groups in total. The van der Waals surface area contributed by atoms with Gasteiger partial charge in [-0.05, 0) is 17.7 Å². The van der Waals surface area contributed by atoms with Gasteiger partial charge in [-0.3, -0.25) is 0 Å². The number of aromatic nitrogens is 1. The predicted octanol–water partition coefficient (Wildman–Crippen LogP) is 2.04. The second-order valence-corrected chi connectivity index (χ2v) is 3.29. The fraction of sp³-hybridized carbons (Fsp3) is 0.167. The van der Waals surface area contributed by atoms with E-state index in [-0.39, 0.29) is 6.04 Å². The summed E-state index contributed by atoms with van der Waals surface area (Å²) in [7, 11) is 0. The lowest BCUT2D eigenvalue weighted by atomic mass is 10.1. The first-order valence-corrected chi connectivity index (χ1v) is 4.79. The standard InChI is InChI=1S/C12H14N2/c13-10-12(14-8-4-5-9-14)11-6-2-1-3-7-11/h1-9,12H,10,13H2/t12-/m0/s1. The van der Waals surface area contributed by atoms with Crippen LogP contribution in [0.25, 0.3) is 0 Å². The van der Waals surface area contributed by atoms with Gasteiger partial charge in [0.05, 0.1) is 6.04 Å². The number of rotatable bonds is 3. The Balaban J connectivity index is 2.31. The van der Waals surface area contributed by atoms with Crippen LogP contribution in [0.1, 0.15) is 11.6 Å². The highest BCUT2D eigenvalue weighted by Gasteiger charge is 2.08. The van der Waals surface area contributed by atoms with Crippen molar-refractivity contribution in [2.45, 2.75) is 6.04 Å². The summed E-state index contributed by atoms with van der Waals surface area (Å²) in [5.41, 5.74) is 7.03. The van der Waals surface area contributed by atoms with Gasteiger partial charge in [-0.25, -0.2) is 0 Å². The topological polar surface area (TPSA) is 30.9 Å². The molecule has 2 nitrogen and oxygen atoms in total. The lowest BCUT2D eigenvalue weighted by molar-refractivity contribution is 0.598. The van der Waals surface area contributed by atoms with Crippen molar-refractivity contribution in [3.63, 3.8) is 0 Å². The van der Waals surface area contributed by atoms with Gasteiger partial charge in [-0.1, -0.05) is 30.3 Å². The largest absolute Gasteiger partial charge is 0.346 e. The third kappa shape index (κ3) is 1.70. The maximum Gasteiger partial charge on any atom is 0.0702 e. The minimum atomic E-state index is 0.256. The molecular formula is C12H14N2. The zero-order valence-corrected chi connectivity index (χ0v) is 8.01. The van der Waals surface area contributed by atoms with E-state index in [0.717, 1.165) is 0 Å². The summed E-state index contributed by atoms with van der Waals surface area (Å²) < 4.78 is 2.13. The van der Waals surface area contributed by atoms with Crippen molar-refractivity contribution < 1.29 is 0 Å². The van der Waals surface area contributed by atoms with E-state index in [1.807, 2.05) is 42.7 Å².